The molecule has 1 aliphatic carbocycles. The van der Waals surface area contributed by atoms with Crippen LogP contribution in [-0.2, 0) is 11.3 Å². The molecule has 3 rings (SSSR count). The number of hydrogen-bond acceptors (Lipinski definition) is 3. The fourth-order valence-electron chi connectivity index (χ4n) is 2.92. The van der Waals surface area contributed by atoms with Crippen LogP contribution in [0.25, 0.3) is 0 Å². The van der Waals surface area contributed by atoms with E-state index in [1.165, 1.54) is 0 Å². The lowest BCUT2D eigenvalue weighted by Gasteiger charge is -2.23. The van der Waals surface area contributed by atoms with Gasteiger partial charge in [0, 0.05) is 18.2 Å². The van der Waals surface area contributed by atoms with E-state index in [1.54, 1.807) is 13.2 Å². The zero-order valence-corrected chi connectivity index (χ0v) is 15.2. The van der Waals surface area contributed by atoms with Gasteiger partial charge in [0.05, 0.1) is 13.7 Å². The Morgan fingerprint density at radius 2 is 1.81 bits per heavy atom. The highest BCUT2D eigenvalue weighted by atomic mass is 16.5. The van der Waals surface area contributed by atoms with Gasteiger partial charge in [-0.3, -0.25) is 9.59 Å². The molecule has 5 nitrogen and oxygen atoms in total. The predicted molar refractivity (Wildman–Crippen MR) is 100 cm³/mol. The van der Waals surface area contributed by atoms with Crippen LogP contribution in [0.4, 0.5) is 0 Å². The van der Waals surface area contributed by atoms with Gasteiger partial charge in [0.1, 0.15) is 5.75 Å². The normalized spacial score (nSPS) is 13.2. The molecule has 0 bridgehead atoms. The van der Waals surface area contributed by atoms with Crippen molar-refractivity contribution in [2.75, 3.05) is 13.7 Å². The minimum absolute atomic E-state index is 0.0137. The van der Waals surface area contributed by atoms with Gasteiger partial charge in [-0.05, 0) is 49.1 Å². The van der Waals surface area contributed by atoms with Gasteiger partial charge in [-0.25, -0.2) is 0 Å². The lowest BCUT2D eigenvalue weighted by atomic mass is 10.1. The molecule has 0 spiro atoms. The minimum Gasteiger partial charge on any atom is -0.497 e. The van der Waals surface area contributed by atoms with Gasteiger partial charge in [0.2, 0.25) is 5.91 Å². The van der Waals surface area contributed by atoms with Crippen molar-refractivity contribution < 1.29 is 14.3 Å². The minimum atomic E-state index is -0.211. The standard InChI is InChI=1S/C21H24N2O3/c1-15-5-3-4-6-19(15)21(25)22-13-20(24)23(17-9-10-17)14-16-7-11-18(26-2)12-8-16/h3-8,11-12,17H,9-10,13-14H2,1-2H3,(H,22,25). The number of nitrogens with zero attached hydrogens (tertiary/aromatic N) is 1. The number of ether oxygens (including phenoxy) is 1. The Balaban J connectivity index is 1.60. The third kappa shape index (κ3) is 4.42. The Hall–Kier alpha value is -2.82. The molecule has 0 atom stereocenters. The molecular weight excluding hydrogens is 328 g/mol. The maximum absolute atomic E-state index is 12.7. The molecule has 1 aliphatic rings. The number of nitrogens with one attached hydrogen (secondary N) is 1. The maximum atomic E-state index is 12.7. The first kappa shape index (κ1) is 18.0. The summed E-state index contributed by atoms with van der Waals surface area (Å²) in [5, 5.41) is 2.76. The molecule has 1 saturated carbocycles. The van der Waals surface area contributed by atoms with Crippen LogP contribution in [0.5, 0.6) is 5.75 Å². The zero-order chi connectivity index (χ0) is 18.5. The fourth-order valence-corrected chi connectivity index (χ4v) is 2.92. The summed E-state index contributed by atoms with van der Waals surface area (Å²) < 4.78 is 5.17. The van der Waals surface area contributed by atoms with Gasteiger partial charge in [-0.15, -0.1) is 0 Å². The molecule has 1 N–H and O–H groups in total. The number of carbonyl (C=O) groups excluding carboxylic acids is 2. The second-order valence-corrected chi connectivity index (χ2v) is 6.60. The first-order chi connectivity index (χ1) is 12.6. The zero-order valence-electron chi connectivity index (χ0n) is 15.2. The van der Waals surface area contributed by atoms with Crippen molar-refractivity contribution in [1.82, 2.24) is 10.2 Å². The summed E-state index contributed by atoms with van der Waals surface area (Å²) in [6.45, 7) is 2.45. The third-order valence-corrected chi connectivity index (χ3v) is 4.61. The molecule has 5 heteroatoms. The molecule has 2 aromatic carbocycles. The van der Waals surface area contributed by atoms with Crippen LogP contribution >= 0.6 is 0 Å². The number of benzene rings is 2. The molecule has 0 saturated heterocycles. The second kappa shape index (κ2) is 8.04. The molecule has 0 unspecified atom stereocenters. The highest BCUT2D eigenvalue weighted by molar-refractivity contribution is 5.97. The largest absolute Gasteiger partial charge is 0.497 e. The van der Waals surface area contributed by atoms with Gasteiger partial charge in [-0.2, -0.15) is 0 Å². The summed E-state index contributed by atoms with van der Waals surface area (Å²) in [6.07, 6.45) is 2.04. The smallest absolute Gasteiger partial charge is 0.251 e. The van der Waals surface area contributed by atoms with Crippen LogP contribution in [0.15, 0.2) is 48.5 Å². The molecule has 0 aliphatic heterocycles. The van der Waals surface area contributed by atoms with Crippen LogP contribution < -0.4 is 10.1 Å². The summed E-state index contributed by atoms with van der Waals surface area (Å²) in [5.74, 6) is 0.533. The predicted octanol–water partition coefficient (Wildman–Crippen LogP) is 2.92. The van der Waals surface area contributed by atoms with Crippen molar-refractivity contribution in [2.45, 2.75) is 32.4 Å². The van der Waals surface area contributed by atoms with Crippen molar-refractivity contribution in [1.29, 1.82) is 0 Å². The van der Waals surface area contributed by atoms with Gasteiger partial charge < -0.3 is 15.0 Å². The molecule has 2 aromatic rings. The highest BCUT2D eigenvalue weighted by Crippen LogP contribution is 2.28. The van der Waals surface area contributed by atoms with Gasteiger partial charge in [0.15, 0.2) is 0 Å². The van der Waals surface area contributed by atoms with E-state index >= 15 is 0 Å². The van der Waals surface area contributed by atoms with Crippen LogP contribution in [0, 0.1) is 6.92 Å². The van der Waals surface area contributed by atoms with E-state index in [1.807, 2.05) is 54.3 Å². The topological polar surface area (TPSA) is 58.6 Å². The number of rotatable bonds is 7. The molecular formula is C21H24N2O3. The van der Waals surface area contributed by atoms with Gasteiger partial charge in [0.25, 0.3) is 5.91 Å². The van der Waals surface area contributed by atoms with Gasteiger partial charge >= 0.3 is 0 Å². The van der Waals surface area contributed by atoms with Crippen LogP contribution in [0.2, 0.25) is 0 Å². The van der Waals surface area contributed by atoms with Crippen molar-refractivity contribution in [3.63, 3.8) is 0 Å². The summed E-state index contributed by atoms with van der Waals surface area (Å²) in [6, 6.07) is 15.4. The summed E-state index contributed by atoms with van der Waals surface area (Å²) >= 11 is 0. The monoisotopic (exact) mass is 352 g/mol. The summed E-state index contributed by atoms with van der Waals surface area (Å²) in [7, 11) is 1.63. The van der Waals surface area contributed by atoms with E-state index in [9.17, 15) is 9.59 Å². The number of hydrogen-bond donors (Lipinski definition) is 1. The molecule has 26 heavy (non-hydrogen) atoms. The number of methoxy groups -OCH3 is 1. The van der Waals surface area contributed by atoms with Crippen molar-refractivity contribution in [3.8, 4) is 5.75 Å². The Morgan fingerprint density at radius 3 is 2.42 bits per heavy atom. The van der Waals surface area contributed by atoms with E-state index in [2.05, 4.69) is 5.32 Å². The quantitative estimate of drug-likeness (QED) is 0.833. The summed E-state index contributed by atoms with van der Waals surface area (Å²) in [5.41, 5.74) is 2.56. The maximum Gasteiger partial charge on any atom is 0.251 e. The number of carbonyl (C=O) groups is 2. The molecule has 0 heterocycles. The first-order valence-electron chi connectivity index (χ1n) is 8.84. The lowest BCUT2D eigenvalue weighted by Crippen LogP contribution is -2.41. The van der Waals surface area contributed by atoms with Crippen LogP contribution in [0.3, 0.4) is 0 Å². The molecule has 136 valence electrons. The molecule has 1 fully saturated rings. The van der Waals surface area contributed by atoms with E-state index in [4.69, 9.17) is 4.74 Å². The van der Waals surface area contributed by atoms with E-state index in [-0.39, 0.29) is 24.4 Å². The fraction of sp³-hybridized carbons (Fsp3) is 0.333. The third-order valence-electron chi connectivity index (χ3n) is 4.61. The average Bonchev–Trinajstić information content (AvgIpc) is 3.50. The van der Waals surface area contributed by atoms with Crippen molar-refractivity contribution >= 4 is 11.8 Å². The van der Waals surface area contributed by atoms with Crippen molar-refractivity contribution in [2.24, 2.45) is 0 Å². The van der Waals surface area contributed by atoms with E-state index < -0.39 is 0 Å². The van der Waals surface area contributed by atoms with Crippen LogP contribution in [-0.4, -0.2) is 36.4 Å². The average molecular weight is 352 g/mol. The van der Waals surface area contributed by atoms with E-state index in [0.717, 1.165) is 29.7 Å². The number of aryl methyl sites for hydroxylation is 1. The molecule has 0 radical (unpaired) electrons. The summed E-state index contributed by atoms with van der Waals surface area (Å²) in [4.78, 5) is 26.8. The second-order valence-electron chi connectivity index (χ2n) is 6.60. The SMILES string of the molecule is COc1ccc(CN(C(=O)CNC(=O)c2ccccc2C)C2CC2)cc1. The number of amides is 2. The molecule has 2 amide bonds. The molecule has 0 aromatic heterocycles. The lowest BCUT2D eigenvalue weighted by molar-refractivity contribution is -0.131. The van der Waals surface area contributed by atoms with E-state index in [0.29, 0.717) is 12.1 Å². The Bertz CT molecular complexity index is 782. The first-order valence-corrected chi connectivity index (χ1v) is 8.84. The van der Waals surface area contributed by atoms with Crippen LogP contribution in [0.1, 0.15) is 34.3 Å². The van der Waals surface area contributed by atoms with Crippen molar-refractivity contribution in [3.05, 3.63) is 65.2 Å². The highest BCUT2D eigenvalue weighted by Gasteiger charge is 2.32. The Kier molecular flexibility index (Phi) is 5.56. The van der Waals surface area contributed by atoms with Gasteiger partial charge in [-0.1, -0.05) is 30.3 Å². The Labute approximate surface area is 154 Å². The Morgan fingerprint density at radius 1 is 1.12 bits per heavy atom.